The molecule has 0 radical (unpaired) electrons. The fourth-order valence-corrected chi connectivity index (χ4v) is 5.43. The highest BCUT2D eigenvalue weighted by molar-refractivity contribution is 14.1. The van der Waals surface area contributed by atoms with Crippen molar-refractivity contribution in [2.45, 2.75) is 30.7 Å². The largest absolute Gasteiger partial charge is 0.381 e. The summed E-state index contributed by atoms with van der Waals surface area (Å²) in [5, 5.41) is 11.7. The van der Waals surface area contributed by atoms with Gasteiger partial charge in [-0.2, -0.15) is 5.10 Å². The van der Waals surface area contributed by atoms with Gasteiger partial charge >= 0.3 is 0 Å². The van der Waals surface area contributed by atoms with E-state index in [1.807, 2.05) is 28.2 Å². The van der Waals surface area contributed by atoms with Gasteiger partial charge in [0.05, 0.1) is 43.0 Å². The Kier molecular flexibility index (Phi) is 6.20. The molecule has 0 N–H and O–H groups in total. The van der Waals surface area contributed by atoms with Gasteiger partial charge in [-0.1, -0.05) is 45.5 Å². The van der Waals surface area contributed by atoms with Crippen LogP contribution in [0.3, 0.4) is 0 Å². The summed E-state index contributed by atoms with van der Waals surface area (Å²) < 4.78 is 9.86. The average molecular weight is 595 g/mol. The number of aromatic nitrogens is 3. The van der Waals surface area contributed by atoms with Gasteiger partial charge < -0.3 is 9.64 Å². The number of hydrazone groups is 1. The Morgan fingerprint density at radius 3 is 2.97 bits per heavy atom. The zero-order chi connectivity index (χ0) is 24.8. The first-order chi connectivity index (χ1) is 17.5. The summed E-state index contributed by atoms with van der Waals surface area (Å²) in [5.41, 5.74) is 6.18. The lowest BCUT2D eigenvalue weighted by Crippen LogP contribution is -2.37. The van der Waals surface area contributed by atoms with Crippen LogP contribution < -0.4 is 0 Å². The second-order valence-electron chi connectivity index (χ2n) is 9.56. The molecule has 1 saturated heterocycles. The molecule has 3 aromatic rings. The Morgan fingerprint density at radius 2 is 2.22 bits per heavy atom. The van der Waals surface area contributed by atoms with Gasteiger partial charge in [0.1, 0.15) is 9.76 Å². The predicted octanol–water partition coefficient (Wildman–Crippen LogP) is 4.40. The van der Waals surface area contributed by atoms with Crippen LogP contribution in [-0.2, 0) is 9.53 Å². The number of carbonyl (C=O) groups is 1. The van der Waals surface area contributed by atoms with E-state index in [0.29, 0.717) is 19.0 Å². The predicted molar refractivity (Wildman–Crippen MR) is 147 cm³/mol. The van der Waals surface area contributed by atoms with Gasteiger partial charge in [-0.05, 0) is 24.8 Å². The molecule has 5 heterocycles. The van der Waals surface area contributed by atoms with Crippen molar-refractivity contribution in [3.05, 3.63) is 59.7 Å². The Balaban J connectivity index is 1.43. The summed E-state index contributed by atoms with van der Waals surface area (Å²) in [4.78, 5) is 18.9. The minimum Gasteiger partial charge on any atom is -0.381 e. The van der Waals surface area contributed by atoms with E-state index in [1.54, 1.807) is 6.92 Å². The number of fused-ring (bicyclic) bond motifs is 1. The highest BCUT2D eigenvalue weighted by Crippen LogP contribution is 2.33. The van der Waals surface area contributed by atoms with Gasteiger partial charge in [-0.15, -0.1) is 0 Å². The fourth-order valence-electron chi connectivity index (χ4n) is 5.13. The molecule has 3 aliphatic heterocycles. The molecular formula is C27H28IN6O2+. The summed E-state index contributed by atoms with van der Waals surface area (Å²) in [6.45, 7) is 6.56. The second-order valence-corrected chi connectivity index (χ2v) is 11.4. The molecule has 9 heteroatoms. The van der Waals surface area contributed by atoms with Gasteiger partial charge in [-0.3, -0.25) is 14.5 Å². The van der Waals surface area contributed by atoms with Crippen molar-refractivity contribution in [2.75, 3.05) is 26.3 Å². The van der Waals surface area contributed by atoms with Crippen LogP contribution in [0.2, 0.25) is 0 Å². The number of nitrogens with zero attached hydrogens (tertiary/aromatic N) is 6. The summed E-state index contributed by atoms with van der Waals surface area (Å²) >= 11 is 2.34. The zero-order valence-electron chi connectivity index (χ0n) is 20.4. The highest BCUT2D eigenvalue weighted by Gasteiger charge is 2.38. The molecule has 3 aliphatic rings. The Bertz CT molecular complexity index is 1450. The number of rotatable bonds is 4. The first-order valence-corrected chi connectivity index (χ1v) is 13.6. The molecule has 1 aromatic carbocycles. The smallest absolute Gasteiger partial charge is 0.223 e. The molecule has 1 amide bonds. The number of hydrogen-bond donors (Lipinski definition) is 0. The van der Waals surface area contributed by atoms with Crippen molar-refractivity contribution in [1.82, 2.24) is 19.7 Å². The third-order valence-electron chi connectivity index (χ3n) is 7.13. The first kappa shape index (κ1) is 23.5. The molecular weight excluding hydrogens is 567 g/mol. The number of pyridine rings is 1. The van der Waals surface area contributed by atoms with E-state index in [1.165, 1.54) is 5.70 Å². The average Bonchev–Trinajstić information content (AvgIpc) is 3.64. The monoisotopic (exact) mass is 595 g/mol. The summed E-state index contributed by atoms with van der Waals surface area (Å²) in [7, 11) is 0. The maximum atomic E-state index is 12.2. The van der Waals surface area contributed by atoms with Crippen LogP contribution in [0.25, 0.3) is 22.0 Å². The number of ether oxygens (including phenoxy) is 1. The van der Waals surface area contributed by atoms with E-state index in [9.17, 15) is 4.79 Å². The molecule has 0 aliphatic carbocycles. The van der Waals surface area contributed by atoms with Crippen molar-refractivity contribution in [2.24, 2.45) is 11.0 Å². The van der Waals surface area contributed by atoms with E-state index in [4.69, 9.17) is 14.8 Å². The lowest BCUT2D eigenvalue weighted by Gasteiger charge is -2.25. The number of carbonyl (C=O) groups excluding carboxylic acids is 1. The van der Waals surface area contributed by atoms with Gasteiger partial charge in [0.25, 0.3) is 0 Å². The van der Waals surface area contributed by atoms with E-state index < -0.39 is 0 Å². The van der Waals surface area contributed by atoms with Crippen molar-refractivity contribution in [3.63, 3.8) is 0 Å². The van der Waals surface area contributed by atoms with Gasteiger partial charge in [0.15, 0.2) is 6.21 Å². The summed E-state index contributed by atoms with van der Waals surface area (Å²) in [6, 6.07) is 8.41. The molecule has 36 heavy (non-hydrogen) atoms. The minimum absolute atomic E-state index is 0.0955. The van der Waals surface area contributed by atoms with Crippen LogP contribution in [-0.4, -0.2) is 68.5 Å². The zero-order valence-corrected chi connectivity index (χ0v) is 22.6. The number of halogens is 1. The Morgan fingerprint density at radius 1 is 1.33 bits per heavy atom. The van der Waals surface area contributed by atoms with E-state index in [2.05, 4.69) is 69.8 Å². The van der Waals surface area contributed by atoms with Crippen LogP contribution in [0.15, 0.2) is 59.2 Å². The summed E-state index contributed by atoms with van der Waals surface area (Å²) in [5.74, 6) is 0.453. The standard InChI is InChI=1S/C27H28IN6O2/c1-17(28)33-14-21(11-30-33)25-10-20-4-3-5-22(23(20)12-29-25)27-24-15-32(18(2)35)8-6-26(24)34(31-27)13-19-7-9-36-16-19/h3-5,10-14,17,19H,6-9,15-16H2,1-2H3/q+1/b34-13-. The summed E-state index contributed by atoms with van der Waals surface area (Å²) in [6.07, 6.45) is 9.84. The van der Waals surface area contributed by atoms with Crippen LogP contribution in [0.5, 0.6) is 0 Å². The number of amides is 1. The normalized spacial score (nSPS) is 21.9. The molecule has 2 aromatic heterocycles. The van der Waals surface area contributed by atoms with Crippen molar-refractivity contribution >= 4 is 51.2 Å². The molecule has 2 unspecified atom stereocenters. The van der Waals surface area contributed by atoms with E-state index >= 15 is 0 Å². The van der Waals surface area contributed by atoms with Gasteiger partial charge in [-0.25, -0.2) is 0 Å². The fraction of sp³-hybridized carbons (Fsp3) is 0.370. The maximum absolute atomic E-state index is 12.2. The Labute approximate surface area is 223 Å². The van der Waals surface area contributed by atoms with E-state index in [-0.39, 0.29) is 9.96 Å². The van der Waals surface area contributed by atoms with Crippen LogP contribution in [0, 0.1) is 5.92 Å². The lowest BCUT2D eigenvalue weighted by atomic mass is 9.94. The minimum atomic E-state index is 0.0955. The molecule has 0 saturated carbocycles. The Hall–Kier alpha value is -2.92. The van der Waals surface area contributed by atoms with Crippen LogP contribution >= 0.6 is 22.6 Å². The maximum Gasteiger partial charge on any atom is 0.223 e. The second kappa shape index (κ2) is 9.51. The third kappa shape index (κ3) is 4.28. The first-order valence-electron chi connectivity index (χ1n) is 12.3. The highest BCUT2D eigenvalue weighted by atomic mass is 127. The van der Waals surface area contributed by atoms with E-state index in [0.717, 1.165) is 64.9 Å². The quantitative estimate of drug-likeness (QED) is 0.255. The lowest BCUT2D eigenvalue weighted by molar-refractivity contribution is -0.479. The van der Waals surface area contributed by atoms with Crippen molar-refractivity contribution in [3.8, 4) is 11.3 Å². The number of alkyl halides is 1. The molecule has 0 bridgehead atoms. The van der Waals surface area contributed by atoms with Crippen LogP contribution in [0.1, 0.15) is 36.3 Å². The topological polar surface area (TPSA) is 75.6 Å². The molecule has 6 rings (SSSR count). The molecule has 1 fully saturated rings. The SMILES string of the molecule is CC(=O)N1CCC2=C(C1)C(c1cccc3cc(-c4cnn(C(C)I)c4)ncc13)=N/[N+]2=C\C1CCOC1. The molecule has 184 valence electrons. The number of benzene rings is 1. The number of hydrogen-bond acceptors (Lipinski definition) is 5. The molecule has 8 nitrogen and oxygen atoms in total. The van der Waals surface area contributed by atoms with Crippen LogP contribution in [0.4, 0.5) is 0 Å². The van der Waals surface area contributed by atoms with Crippen molar-refractivity contribution in [1.29, 1.82) is 0 Å². The van der Waals surface area contributed by atoms with Crippen molar-refractivity contribution < 1.29 is 14.2 Å². The van der Waals surface area contributed by atoms with Gasteiger partial charge in [0.2, 0.25) is 11.6 Å². The van der Waals surface area contributed by atoms with Gasteiger partial charge in [0, 0.05) is 54.1 Å². The molecule has 2 atom stereocenters. The third-order valence-corrected chi connectivity index (χ3v) is 7.70. The molecule has 0 spiro atoms.